The summed E-state index contributed by atoms with van der Waals surface area (Å²) in [6.07, 6.45) is 1.79. The summed E-state index contributed by atoms with van der Waals surface area (Å²) in [5.74, 6) is 0. The van der Waals surface area contributed by atoms with Crippen LogP contribution in [0.2, 0.25) is 0 Å². The van der Waals surface area contributed by atoms with E-state index in [9.17, 15) is 0 Å². The van der Waals surface area contributed by atoms with E-state index in [1.165, 1.54) is 5.56 Å². The Labute approximate surface area is 80.5 Å². The summed E-state index contributed by atoms with van der Waals surface area (Å²) >= 11 is 1.56. The average Bonchev–Trinajstić information content (AvgIpc) is 2.52. The van der Waals surface area contributed by atoms with Crippen LogP contribution in [0, 0.1) is 13.8 Å². The molecule has 0 unspecified atom stereocenters. The van der Waals surface area contributed by atoms with Crippen molar-refractivity contribution in [3.05, 3.63) is 28.9 Å². The van der Waals surface area contributed by atoms with Crippen molar-refractivity contribution >= 4 is 11.3 Å². The van der Waals surface area contributed by atoms with Crippen LogP contribution in [0.5, 0.6) is 0 Å². The fourth-order valence-electron chi connectivity index (χ4n) is 1.05. The van der Waals surface area contributed by atoms with Gasteiger partial charge in [-0.3, -0.25) is 4.98 Å². The number of hydrogen-bond donors (Lipinski definition) is 0. The molecule has 0 bridgehead atoms. The van der Waals surface area contributed by atoms with Crippen molar-refractivity contribution in [1.29, 1.82) is 0 Å². The minimum Gasteiger partial charge on any atom is -0.254 e. The van der Waals surface area contributed by atoms with Crippen LogP contribution in [0.15, 0.2) is 18.3 Å². The van der Waals surface area contributed by atoms with Crippen molar-refractivity contribution in [1.82, 2.24) is 15.2 Å². The predicted molar refractivity (Wildman–Crippen MR) is 52.6 cm³/mol. The van der Waals surface area contributed by atoms with Gasteiger partial charge in [-0.2, -0.15) is 0 Å². The lowest BCUT2D eigenvalue weighted by molar-refractivity contribution is 1.05. The number of nitrogens with zero attached hydrogens (tertiary/aromatic N) is 3. The summed E-state index contributed by atoms with van der Waals surface area (Å²) in [7, 11) is 0. The molecule has 66 valence electrons. The number of aryl methyl sites for hydroxylation is 2. The molecule has 0 aliphatic heterocycles. The van der Waals surface area contributed by atoms with E-state index in [4.69, 9.17) is 0 Å². The first-order valence-electron chi connectivity index (χ1n) is 3.99. The van der Waals surface area contributed by atoms with Crippen molar-refractivity contribution in [3.8, 4) is 10.7 Å². The summed E-state index contributed by atoms with van der Waals surface area (Å²) < 4.78 is 0. The van der Waals surface area contributed by atoms with Gasteiger partial charge in [0.1, 0.15) is 10.7 Å². The van der Waals surface area contributed by atoms with Gasteiger partial charge in [0, 0.05) is 6.20 Å². The fraction of sp³-hybridized carbons (Fsp3) is 0.222. The van der Waals surface area contributed by atoms with Crippen molar-refractivity contribution in [2.75, 3.05) is 0 Å². The second kappa shape index (κ2) is 3.22. The molecule has 4 heteroatoms. The molecule has 0 aromatic carbocycles. The standard InChI is InChI=1S/C9H9N3S/c1-6-3-4-10-8(5-6)9-12-11-7(2)13-9/h3-5H,1-2H3. The van der Waals surface area contributed by atoms with Crippen LogP contribution in [0.1, 0.15) is 10.6 Å². The zero-order valence-corrected chi connectivity index (χ0v) is 8.30. The maximum atomic E-state index is 4.23. The lowest BCUT2D eigenvalue weighted by atomic mass is 10.2. The second-order valence-electron chi connectivity index (χ2n) is 2.84. The van der Waals surface area contributed by atoms with Crippen molar-refractivity contribution < 1.29 is 0 Å². The third kappa shape index (κ3) is 1.72. The Balaban J connectivity index is 2.46. The average molecular weight is 191 g/mol. The highest BCUT2D eigenvalue weighted by Crippen LogP contribution is 2.20. The minimum atomic E-state index is 0.890. The SMILES string of the molecule is Cc1ccnc(-c2nnc(C)s2)c1. The molecule has 0 N–H and O–H groups in total. The highest BCUT2D eigenvalue weighted by Gasteiger charge is 2.04. The predicted octanol–water partition coefficient (Wildman–Crippen LogP) is 2.22. The van der Waals surface area contributed by atoms with Gasteiger partial charge in [0.05, 0.1) is 0 Å². The summed E-state index contributed by atoms with van der Waals surface area (Å²) in [5, 5.41) is 9.84. The van der Waals surface area contributed by atoms with Gasteiger partial charge in [0.15, 0.2) is 5.01 Å². The number of hydrogen-bond acceptors (Lipinski definition) is 4. The van der Waals surface area contributed by atoms with Gasteiger partial charge >= 0.3 is 0 Å². The van der Waals surface area contributed by atoms with E-state index >= 15 is 0 Å². The van der Waals surface area contributed by atoms with E-state index in [0.29, 0.717) is 0 Å². The van der Waals surface area contributed by atoms with Crippen molar-refractivity contribution in [2.45, 2.75) is 13.8 Å². The molecule has 0 saturated carbocycles. The van der Waals surface area contributed by atoms with Crippen LogP contribution >= 0.6 is 11.3 Å². The minimum absolute atomic E-state index is 0.890. The Morgan fingerprint density at radius 1 is 1.23 bits per heavy atom. The van der Waals surface area contributed by atoms with Crippen LogP contribution in [0.25, 0.3) is 10.7 Å². The number of rotatable bonds is 1. The Hall–Kier alpha value is -1.29. The van der Waals surface area contributed by atoms with Gasteiger partial charge in [0.2, 0.25) is 0 Å². The first-order chi connectivity index (χ1) is 6.25. The monoisotopic (exact) mass is 191 g/mol. The molecule has 2 rings (SSSR count). The van der Waals surface area contributed by atoms with Gasteiger partial charge in [-0.05, 0) is 31.5 Å². The van der Waals surface area contributed by atoms with Crippen LogP contribution < -0.4 is 0 Å². The Kier molecular flexibility index (Phi) is 2.06. The molecular formula is C9H9N3S. The summed E-state index contributed by atoms with van der Waals surface area (Å²) in [5.41, 5.74) is 2.10. The molecule has 0 atom stereocenters. The summed E-state index contributed by atoms with van der Waals surface area (Å²) in [4.78, 5) is 4.23. The second-order valence-corrected chi connectivity index (χ2v) is 4.03. The first-order valence-corrected chi connectivity index (χ1v) is 4.80. The molecule has 0 aliphatic rings. The van der Waals surface area contributed by atoms with Gasteiger partial charge in [-0.1, -0.05) is 11.3 Å². The molecule has 0 fully saturated rings. The first kappa shape index (κ1) is 8.31. The molecule has 2 aromatic heterocycles. The topological polar surface area (TPSA) is 38.7 Å². The van der Waals surface area contributed by atoms with Gasteiger partial charge in [0.25, 0.3) is 0 Å². The molecule has 0 spiro atoms. The van der Waals surface area contributed by atoms with Gasteiger partial charge in [-0.25, -0.2) is 0 Å². The molecule has 2 heterocycles. The number of aromatic nitrogens is 3. The van der Waals surface area contributed by atoms with E-state index in [-0.39, 0.29) is 0 Å². The normalized spacial score (nSPS) is 10.3. The third-order valence-corrected chi connectivity index (χ3v) is 2.52. The van der Waals surface area contributed by atoms with Crippen LogP contribution in [0.4, 0.5) is 0 Å². The molecule has 0 aliphatic carbocycles. The summed E-state index contributed by atoms with van der Waals surface area (Å²) in [6.45, 7) is 3.98. The fourth-order valence-corrected chi connectivity index (χ4v) is 1.71. The quantitative estimate of drug-likeness (QED) is 0.693. The zero-order chi connectivity index (χ0) is 9.26. The lowest BCUT2D eigenvalue weighted by Crippen LogP contribution is -1.83. The molecular weight excluding hydrogens is 182 g/mol. The molecule has 0 radical (unpaired) electrons. The van der Waals surface area contributed by atoms with E-state index in [1.807, 2.05) is 26.0 Å². The van der Waals surface area contributed by atoms with Gasteiger partial charge in [-0.15, -0.1) is 10.2 Å². The maximum Gasteiger partial charge on any atom is 0.166 e. The van der Waals surface area contributed by atoms with Crippen molar-refractivity contribution in [3.63, 3.8) is 0 Å². The van der Waals surface area contributed by atoms with Crippen LogP contribution in [0.3, 0.4) is 0 Å². The molecule has 0 saturated heterocycles. The zero-order valence-electron chi connectivity index (χ0n) is 7.48. The molecule has 0 amide bonds. The van der Waals surface area contributed by atoms with E-state index in [2.05, 4.69) is 15.2 Å². The highest BCUT2D eigenvalue weighted by atomic mass is 32.1. The van der Waals surface area contributed by atoms with Crippen LogP contribution in [-0.4, -0.2) is 15.2 Å². The Morgan fingerprint density at radius 2 is 2.08 bits per heavy atom. The Morgan fingerprint density at radius 3 is 2.69 bits per heavy atom. The van der Waals surface area contributed by atoms with E-state index in [0.717, 1.165) is 15.7 Å². The van der Waals surface area contributed by atoms with E-state index in [1.54, 1.807) is 17.5 Å². The maximum absolute atomic E-state index is 4.23. The molecule has 3 nitrogen and oxygen atoms in total. The molecule has 2 aromatic rings. The Bertz CT molecular complexity index is 422. The largest absolute Gasteiger partial charge is 0.254 e. The third-order valence-electron chi connectivity index (χ3n) is 1.66. The van der Waals surface area contributed by atoms with Gasteiger partial charge < -0.3 is 0 Å². The highest BCUT2D eigenvalue weighted by molar-refractivity contribution is 7.14. The van der Waals surface area contributed by atoms with Crippen LogP contribution in [-0.2, 0) is 0 Å². The number of pyridine rings is 1. The summed E-state index contributed by atoms with van der Waals surface area (Å²) in [6, 6.07) is 3.98. The smallest absolute Gasteiger partial charge is 0.166 e. The van der Waals surface area contributed by atoms with E-state index < -0.39 is 0 Å². The van der Waals surface area contributed by atoms with Crippen molar-refractivity contribution in [2.24, 2.45) is 0 Å². The lowest BCUT2D eigenvalue weighted by Gasteiger charge is -1.94. The molecule has 13 heavy (non-hydrogen) atoms.